The Labute approximate surface area is 108 Å². The number of hydrogen-bond donors (Lipinski definition) is 1. The van der Waals surface area contributed by atoms with Crippen molar-refractivity contribution in [2.45, 2.75) is 11.1 Å². The molecule has 0 saturated carbocycles. The van der Waals surface area contributed by atoms with E-state index in [1.807, 2.05) is 0 Å². The molecule has 0 aliphatic rings. The highest BCUT2D eigenvalue weighted by Crippen LogP contribution is 2.23. The van der Waals surface area contributed by atoms with Gasteiger partial charge in [0.05, 0.1) is 0 Å². The number of hydrogen-bond acceptors (Lipinski definition) is 3. The molecule has 1 rings (SSSR count). The van der Waals surface area contributed by atoms with Crippen LogP contribution in [0.15, 0.2) is 21.6 Å². The Hall–Kier alpha value is -0.380. The Bertz CT molecular complexity index is 520. The van der Waals surface area contributed by atoms with Gasteiger partial charge in [-0.3, -0.25) is 0 Å². The highest BCUT2D eigenvalue weighted by atomic mass is 79.9. The summed E-state index contributed by atoms with van der Waals surface area (Å²) in [5.41, 5.74) is 0. The first-order chi connectivity index (χ1) is 7.62. The van der Waals surface area contributed by atoms with E-state index in [0.717, 1.165) is 6.07 Å². The molecule has 0 radical (unpaired) electrons. The summed E-state index contributed by atoms with van der Waals surface area (Å²) in [6.07, 6.45) is -3.41. The Morgan fingerprint density at radius 3 is 2.59 bits per heavy atom. The monoisotopic (exact) mass is 352 g/mol. The number of pyridine rings is 1. The van der Waals surface area contributed by atoms with Crippen molar-refractivity contribution in [3.63, 3.8) is 0 Å². The van der Waals surface area contributed by atoms with Crippen LogP contribution in [-0.2, 0) is 10.0 Å². The highest BCUT2D eigenvalue weighted by Gasteiger charge is 2.31. The number of aromatic nitrogens is 1. The standard InChI is InChI=1S/C7H5BrClF3N2O2S/c8-4-1-5(6(9)13-2-4)17(15,16)14-3-7(10,11)12/h1-2,14H,3H2. The molecular weight excluding hydrogens is 349 g/mol. The van der Waals surface area contributed by atoms with Crippen LogP contribution in [0.1, 0.15) is 0 Å². The number of alkyl halides is 3. The minimum atomic E-state index is -4.64. The number of halogens is 5. The van der Waals surface area contributed by atoms with Crippen molar-refractivity contribution in [3.05, 3.63) is 21.9 Å². The molecule has 17 heavy (non-hydrogen) atoms. The first kappa shape index (κ1) is 14.7. The fourth-order valence-corrected chi connectivity index (χ4v) is 2.80. The zero-order chi connectivity index (χ0) is 13.3. The zero-order valence-electron chi connectivity index (χ0n) is 7.92. The largest absolute Gasteiger partial charge is 0.402 e. The molecular formula is C7H5BrClF3N2O2S. The van der Waals surface area contributed by atoms with E-state index in [4.69, 9.17) is 11.6 Å². The van der Waals surface area contributed by atoms with E-state index in [1.54, 1.807) is 0 Å². The number of nitrogens with zero attached hydrogens (tertiary/aromatic N) is 1. The predicted octanol–water partition coefficient (Wildman–Crippen LogP) is 2.34. The van der Waals surface area contributed by atoms with E-state index in [0.29, 0.717) is 0 Å². The number of rotatable bonds is 3. The Morgan fingerprint density at radius 2 is 2.06 bits per heavy atom. The lowest BCUT2D eigenvalue weighted by atomic mass is 10.5. The SMILES string of the molecule is O=S(=O)(NCC(F)(F)F)c1cc(Br)cnc1Cl. The van der Waals surface area contributed by atoms with E-state index >= 15 is 0 Å². The highest BCUT2D eigenvalue weighted by molar-refractivity contribution is 9.10. The Balaban J connectivity index is 3.02. The predicted molar refractivity (Wildman–Crippen MR) is 58.2 cm³/mol. The van der Waals surface area contributed by atoms with Gasteiger partial charge in [0.15, 0.2) is 0 Å². The van der Waals surface area contributed by atoms with Gasteiger partial charge in [0.2, 0.25) is 10.0 Å². The lowest BCUT2D eigenvalue weighted by molar-refractivity contribution is -0.121. The Kier molecular flexibility index (Phi) is 4.39. The van der Waals surface area contributed by atoms with E-state index in [-0.39, 0.29) is 4.47 Å². The van der Waals surface area contributed by atoms with Crippen LogP contribution in [0, 0.1) is 0 Å². The van der Waals surface area contributed by atoms with Crippen LogP contribution >= 0.6 is 27.5 Å². The van der Waals surface area contributed by atoms with Gasteiger partial charge >= 0.3 is 6.18 Å². The van der Waals surface area contributed by atoms with Gasteiger partial charge in [0.25, 0.3) is 0 Å². The quantitative estimate of drug-likeness (QED) is 0.849. The van der Waals surface area contributed by atoms with Gasteiger partial charge in [-0.15, -0.1) is 0 Å². The molecule has 96 valence electrons. The van der Waals surface area contributed by atoms with Gasteiger partial charge in [-0.05, 0) is 22.0 Å². The van der Waals surface area contributed by atoms with Gasteiger partial charge in [0.1, 0.15) is 16.6 Å². The summed E-state index contributed by atoms with van der Waals surface area (Å²) in [4.78, 5) is 2.99. The summed E-state index contributed by atoms with van der Waals surface area (Å²) in [6.45, 7) is -1.67. The van der Waals surface area contributed by atoms with Crippen LogP contribution in [0.25, 0.3) is 0 Å². The normalized spacial score (nSPS) is 12.8. The molecule has 0 bridgehead atoms. The maximum atomic E-state index is 11.9. The van der Waals surface area contributed by atoms with Gasteiger partial charge in [0, 0.05) is 10.7 Å². The van der Waals surface area contributed by atoms with Gasteiger partial charge in [-0.1, -0.05) is 11.6 Å². The first-order valence-electron chi connectivity index (χ1n) is 3.99. The fourth-order valence-electron chi connectivity index (χ4n) is 0.847. The third-order valence-electron chi connectivity index (χ3n) is 1.53. The molecule has 0 aliphatic heterocycles. The molecule has 0 saturated heterocycles. The molecule has 4 nitrogen and oxygen atoms in total. The summed E-state index contributed by atoms with van der Waals surface area (Å²) in [7, 11) is -4.34. The summed E-state index contributed by atoms with van der Waals surface area (Å²) in [6, 6.07) is 1.06. The molecule has 1 aromatic rings. The third kappa shape index (κ3) is 4.41. The summed E-state index contributed by atoms with van der Waals surface area (Å²) in [5.74, 6) is 0. The van der Waals surface area contributed by atoms with Crippen LogP contribution in [0.4, 0.5) is 13.2 Å². The molecule has 10 heteroatoms. The van der Waals surface area contributed by atoms with Gasteiger partial charge in [-0.2, -0.15) is 13.2 Å². The van der Waals surface area contributed by atoms with Gasteiger partial charge in [-0.25, -0.2) is 18.1 Å². The average molecular weight is 354 g/mol. The molecule has 0 aliphatic carbocycles. The van der Waals surface area contributed by atoms with E-state index in [2.05, 4.69) is 20.9 Å². The molecule has 0 aromatic carbocycles. The van der Waals surface area contributed by atoms with Crippen molar-refractivity contribution in [2.24, 2.45) is 0 Å². The van der Waals surface area contributed by atoms with Crippen molar-refractivity contribution < 1.29 is 21.6 Å². The van der Waals surface area contributed by atoms with E-state index in [9.17, 15) is 21.6 Å². The van der Waals surface area contributed by atoms with Crippen LogP contribution in [0.3, 0.4) is 0 Å². The molecule has 1 N–H and O–H groups in total. The first-order valence-corrected chi connectivity index (χ1v) is 6.65. The van der Waals surface area contributed by atoms with Crippen molar-refractivity contribution in [2.75, 3.05) is 6.54 Å². The lowest BCUT2D eigenvalue weighted by Crippen LogP contribution is -2.34. The van der Waals surface area contributed by atoms with Crippen LogP contribution < -0.4 is 4.72 Å². The van der Waals surface area contributed by atoms with Crippen molar-refractivity contribution in [1.82, 2.24) is 9.71 Å². The van der Waals surface area contributed by atoms with Crippen LogP contribution in [-0.4, -0.2) is 26.1 Å². The second-order valence-corrected chi connectivity index (χ2v) is 5.89. The van der Waals surface area contributed by atoms with Crippen molar-refractivity contribution in [1.29, 1.82) is 0 Å². The molecule has 0 spiro atoms. The second kappa shape index (κ2) is 5.09. The average Bonchev–Trinajstić information content (AvgIpc) is 2.18. The molecule has 0 unspecified atom stereocenters. The second-order valence-electron chi connectivity index (χ2n) is 2.88. The van der Waals surface area contributed by atoms with Crippen molar-refractivity contribution >= 4 is 37.6 Å². The maximum absolute atomic E-state index is 11.9. The Morgan fingerprint density at radius 1 is 1.47 bits per heavy atom. The third-order valence-corrected chi connectivity index (χ3v) is 3.79. The minimum Gasteiger partial charge on any atom is -0.242 e. The molecule has 0 fully saturated rings. The van der Waals surface area contributed by atoms with E-state index in [1.165, 1.54) is 10.9 Å². The molecule has 0 atom stereocenters. The summed E-state index contributed by atoms with van der Waals surface area (Å²) < 4.78 is 60.4. The van der Waals surface area contributed by atoms with E-state index < -0.39 is 32.8 Å². The summed E-state index contributed by atoms with van der Waals surface area (Å²) in [5, 5.41) is -0.400. The van der Waals surface area contributed by atoms with Gasteiger partial charge < -0.3 is 0 Å². The summed E-state index contributed by atoms with van der Waals surface area (Å²) >= 11 is 8.44. The lowest BCUT2D eigenvalue weighted by Gasteiger charge is -2.10. The number of nitrogens with one attached hydrogen (secondary N) is 1. The topological polar surface area (TPSA) is 59.1 Å². The van der Waals surface area contributed by atoms with Crippen LogP contribution in [0.2, 0.25) is 5.15 Å². The van der Waals surface area contributed by atoms with Crippen molar-refractivity contribution in [3.8, 4) is 0 Å². The molecule has 0 amide bonds. The zero-order valence-corrected chi connectivity index (χ0v) is 11.1. The molecule has 1 heterocycles. The number of sulfonamides is 1. The fraction of sp³-hybridized carbons (Fsp3) is 0.286. The minimum absolute atomic E-state index is 0.286. The molecule has 1 aromatic heterocycles. The van der Waals surface area contributed by atoms with Crippen LogP contribution in [0.5, 0.6) is 0 Å². The maximum Gasteiger partial charge on any atom is 0.402 e. The smallest absolute Gasteiger partial charge is 0.242 e.